The lowest BCUT2D eigenvalue weighted by molar-refractivity contribution is -0.140. The Morgan fingerprint density at radius 1 is 1.29 bits per heavy atom. The zero-order valence-electron chi connectivity index (χ0n) is 6.83. The van der Waals surface area contributed by atoms with E-state index in [4.69, 9.17) is 5.73 Å². The first-order valence-electron chi connectivity index (χ1n) is 3.61. The van der Waals surface area contributed by atoms with Crippen LogP contribution in [0.3, 0.4) is 0 Å². The maximum atomic E-state index is 13.0. The van der Waals surface area contributed by atoms with E-state index in [9.17, 15) is 17.6 Å². The summed E-state index contributed by atoms with van der Waals surface area (Å²) in [5, 5.41) is 0. The highest BCUT2D eigenvalue weighted by molar-refractivity contribution is 14.1. The standard InChI is InChI=1S/C8H6F4IN/c9-5-1-4(3-14)2-6(13)7(5)8(10,11)12/h1-2H,3,14H2. The fourth-order valence-corrected chi connectivity index (χ4v) is 1.98. The summed E-state index contributed by atoms with van der Waals surface area (Å²) in [6.45, 7) is 0.0189. The lowest BCUT2D eigenvalue weighted by Gasteiger charge is -2.11. The van der Waals surface area contributed by atoms with Crippen molar-refractivity contribution in [3.8, 4) is 0 Å². The van der Waals surface area contributed by atoms with Crippen molar-refractivity contribution in [1.29, 1.82) is 0 Å². The zero-order valence-corrected chi connectivity index (χ0v) is 8.99. The van der Waals surface area contributed by atoms with Crippen molar-refractivity contribution in [3.05, 3.63) is 32.6 Å². The van der Waals surface area contributed by atoms with Crippen LogP contribution in [0.25, 0.3) is 0 Å². The van der Waals surface area contributed by atoms with Crippen molar-refractivity contribution in [2.75, 3.05) is 0 Å². The second kappa shape index (κ2) is 4.01. The molecule has 6 heteroatoms. The van der Waals surface area contributed by atoms with E-state index in [1.807, 2.05) is 0 Å². The average Bonchev–Trinajstić information content (AvgIpc) is 1.99. The number of benzene rings is 1. The summed E-state index contributed by atoms with van der Waals surface area (Å²) >= 11 is 1.44. The molecular formula is C8H6F4IN. The monoisotopic (exact) mass is 319 g/mol. The molecule has 78 valence electrons. The van der Waals surface area contributed by atoms with Gasteiger partial charge in [0.1, 0.15) is 11.4 Å². The van der Waals surface area contributed by atoms with Gasteiger partial charge in [0.25, 0.3) is 0 Å². The van der Waals surface area contributed by atoms with Crippen molar-refractivity contribution in [2.45, 2.75) is 12.7 Å². The van der Waals surface area contributed by atoms with Gasteiger partial charge < -0.3 is 5.73 Å². The molecular weight excluding hydrogens is 313 g/mol. The Hall–Kier alpha value is -0.370. The van der Waals surface area contributed by atoms with Gasteiger partial charge in [-0.15, -0.1) is 0 Å². The van der Waals surface area contributed by atoms with Crippen LogP contribution in [-0.4, -0.2) is 0 Å². The first-order chi connectivity index (χ1) is 6.36. The van der Waals surface area contributed by atoms with Crippen molar-refractivity contribution in [3.63, 3.8) is 0 Å². The summed E-state index contributed by atoms with van der Waals surface area (Å²) in [5.74, 6) is -1.27. The van der Waals surface area contributed by atoms with E-state index in [1.165, 1.54) is 28.7 Å². The molecule has 14 heavy (non-hydrogen) atoms. The Morgan fingerprint density at radius 2 is 1.86 bits per heavy atom. The predicted octanol–water partition coefficient (Wildman–Crippen LogP) is 2.91. The van der Waals surface area contributed by atoms with Gasteiger partial charge in [-0.3, -0.25) is 0 Å². The molecule has 1 aromatic rings. The highest BCUT2D eigenvalue weighted by atomic mass is 127. The molecule has 0 unspecified atom stereocenters. The maximum absolute atomic E-state index is 13.0. The summed E-state index contributed by atoms with van der Waals surface area (Å²) in [5.41, 5.74) is 4.32. The van der Waals surface area contributed by atoms with Crippen molar-refractivity contribution in [2.24, 2.45) is 5.73 Å². The fraction of sp³-hybridized carbons (Fsp3) is 0.250. The second-order valence-electron chi connectivity index (χ2n) is 2.64. The molecule has 0 bridgehead atoms. The van der Waals surface area contributed by atoms with Gasteiger partial charge in [0.2, 0.25) is 0 Å². The van der Waals surface area contributed by atoms with Crippen LogP contribution in [-0.2, 0) is 12.7 Å². The quantitative estimate of drug-likeness (QED) is 0.625. The van der Waals surface area contributed by atoms with Crippen molar-refractivity contribution in [1.82, 2.24) is 0 Å². The maximum Gasteiger partial charge on any atom is 0.420 e. The van der Waals surface area contributed by atoms with Gasteiger partial charge in [-0.05, 0) is 40.3 Å². The average molecular weight is 319 g/mol. The zero-order chi connectivity index (χ0) is 10.9. The molecule has 0 saturated heterocycles. The number of nitrogens with two attached hydrogens (primary N) is 1. The predicted molar refractivity (Wildman–Crippen MR) is 52.0 cm³/mol. The lowest BCUT2D eigenvalue weighted by atomic mass is 10.1. The van der Waals surface area contributed by atoms with E-state index < -0.39 is 17.6 Å². The summed E-state index contributed by atoms with van der Waals surface area (Å²) in [4.78, 5) is 0. The van der Waals surface area contributed by atoms with E-state index in [0.29, 0.717) is 5.56 Å². The first-order valence-corrected chi connectivity index (χ1v) is 4.69. The number of rotatable bonds is 1. The smallest absolute Gasteiger partial charge is 0.326 e. The molecule has 0 saturated carbocycles. The Morgan fingerprint density at radius 3 is 2.21 bits per heavy atom. The molecule has 0 aliphatic heterocycles. The van der Waals surface area contributed by atoms with Gasteiger partial charge in [-0.25, -0.2) is 4.39 Å². The van der Waals surface area contributed by atoms with Crippen LogP contribution in [0.1, 0.15) is 11.1 Å². The SMILES string of the molecule is NCc1cc(F)c(C(F)(F)F)c(I)c1. The highest BCUT2D eigenvalue weighted by Crippen LogP contribution is 2.35. The van der Waals surface area contributed by atoms with E-state index in [-0.39, 0.29) is 10.1 Å². The second-order valence-corrected chi connectivity index (χ2v) is 3.80. The molecule has 2 N–H and O–H groups in total. The third kappa shape index (κ3) is 2.35. The van der Waals surface area contributed by atoms with Crippen LogP contribution in [0.5, 0.6) is 0 Å². The van der Waals surface area contributed by atoms with Crippen LogP contribution in [0.2, 0.25) is 0 Å². The van der Waals surface area contributed by atoms with Crippen LogP contribution in [0, 0.1) is 9.39 Å². The lowest BCUT2D eigenvalue weighted by Crippen LogP contribution is -2.12. The minimum Gasteiger partial charge on any atom is -0.326 e. The first kappa shape index (κ1) is 11.7. The highest BCUT2D eigenvalue weighted by Gasteiger charge is 2.36. The van der Waals surface area contributed by atoms with Crippen LogP contribution in [0.4, 0.5) is 17.6 Å². The molecule has 1 nitrogen and oxygen atoms in total. The van der Waals surface area contributed by atoms with Crippen LogP contribution >= 0.6 is 22.6 Å². The molecule has 0 atom stereocenters. The third-order valence-corrected chi connectivity index (χ3v) is 2.47. The molecule has 0 heterocycles. The van der Waals surface area contributed by atoms with Gasteiger partial charge in [-0.2, -0.15) is 13.2 Å². The fourth-order valence-electron chi connectivity index (χ4n) is 1.01. The molecule has 1 aromatic carbocycles. The summed E-state index contributed by atoms with van der Waals surface area (Å²) in [6.07, 6.45) is -4.66. The summed E-state index contributed by atoms with van der Waals surface area (Å²) in [6, 6.07) is 2.04. The number of hydrogen-bond donors (Lipinski definition) is 1. The van der Waals surface area contributed by atoms with Gasteiger partial charge in [0.15, 0.2) is 0 Å². The molecule has 0 spiro atoms. The molecule has 0 aliphatic rings. The molecule has 0 aromatic heterocycles. The van der Waals surface area contributed by atoms with Crippen molar-refractivity contribution >= 4 is 22.6 Å². The molecule has 0 aliphatic carbocycles. The van der Waals surface area contributed by atoms with Crippen LogP contribution < -0.4 is 5.73 Å². The topological polar surface area (TPSA) is 26.0 Å². The van der Waals surface area contributed by atoms with Gasteiger partial charge >= 0.3 is 6.18 Å². The molecule has 0 fully saturated rings. The molecule has 0 amide bonds. The third-order valence-electron chi connectivity index (χ3n) is 1.62. The largest absolute Gasteiger partial charge is 0.420 e. The molecule has 1 rings (SSSR count). The Balaban J connectivity index is 3.33. The number of alkyl halides is 3. The van der Waals surface area contributed by atoms with E-state index in [1.54, 1.807) is 0 Å². The number of halogens is 5. The number of hydrogen-bond acceptors (Lipinski definition) is 1. The van der Waals surface area contributed by atoms with Crippen molar-refractivity contribution < 1.29 is 17.6 Å². The minimum absolute atomic E-state index is 0.0189. The Kier molecular flexibility index (Phi) is 3.36. The van der Waals surface area contributed by atoms with E-state index in [2.05, 4.69) is 0 Å². The van der Waals surface area contributed by atoms with E-state index >= 15 is 0 Å². The Bertz CT molecular complexity index is 325. The molecule has 0 radical (unpaired) electrons. The van der Waals surface area contributed by atoms with Crippen LogP contribution in [0.15, 0.2) is 12.1 Å². The Labute approximate surface area is 91.4 Å². The normalized spacial score (nSPS) is 11.9. The van der Waals surface area contributed by atoms with E-state index in [0.717, 1.165) is 6.07 Å². The minimum atomic E-state index is -4.66. The van der Waals surface area contributed by atoms with Gasteiger partial charge in [0, 0.05) is 10.1 Å². The van der Waals surface area contributed by atoms with Gasteiger partial charge in [-0.1, -0.05) is 0 Å². The van der Waals surface area contributed by atoms with Gasteiger partial charge in [0.05, 0.1) is 0 Å². The summed E-state index contributed by atoms with van der Waals surface area (Å²) in [7, 11) is 0. The summed E-state index contributed by atoms with van der Waals surface area (Å²) < 4.78 is 49.7.